The minimum atomic E-state index is -3.42. The molecule has 0 radical (unpaired) electrons. The molecule has 27 heavy (non-hydrogen) atoms. The zero-order valence-corrected chi connectivity index (χ0v) is 14.2. The molecule has 1 aliphatic rings. The van der Waals surface area contributed by atoms with Crippen molar-refractivity contribution in [2.24, 2.45) is 7.05 Å². The first-order valence-corrected chi connectivity index (χ1v) is 8.32. The van der Waals surface area contributed by atoms with Crippen LogP contribution in [0.4, 0.5) is 8.78 Å². The normalized spacial score (nSPS) is 14.3. The van der Waals surface area contributed by atoms with Gasteiger partial charge in [0.2, 0.25) is 0 Å². The SMILES string of the molecule is Cn1ccn(-c2ccc3cc4n(c(=O)c3c2)C(F)(F)c2ccccc2-4)c1=O. The Morgan fingerprint density at radius 2 is 1.74 bits per heavy atom. The van der Waals surface area contributed by atoms with Crippen LogP contribution in [0.1, 0.15) is 5.56 Å². The summed E-state index contributed by atoms with van der Waals surface area (Å²) < 4.78 is 33.1. The lowest BCUT2D eigenvalue weighted by molar-refractivity contribution is -0.0309. The van der Waals surface area contributed by atoms with Crippen molar-refractivity contribution in [2.75, 3.05) is 0 Å². The highest BCUT2D eigenvalue weighted by atomic mass is 19.3. The number of imidazole rings is 1. The van der Waals surface area contributed by atoms with Crippen LogP contribution < -0.4 is 11.2 Å². The van der Waals surface area contributed by atoms with Crippen molar-refractivity contribution in [3.63, 3.8) is 0 Å². The lowest BCUT2D eigenvalue weighted by Gasteiger charge is -2.15. The van der Waals surface area contributed by atoms with E-state index in [1.54, 1.807) is 49.8 Å². The summed E-state index contributed by atoms with van der Waals surface area (Å²) in [6.45, 7) is 0. The fraction of sp³-hybridized carbons (Fsp3) is 0.100. The number of rotatable bonds is 1. The number of aromatic nitrogens is 3. The highest BCUT2D eigenvalue weighted by Crippen LogP contribution is 2.44. The summed E-state index contributed by atoms with van der Waals surface area (Å²) in [5, 5.41) is 0.686. The second kappa shape index (κ2) is 5.03. The summed E-state index contributed by atoms with van der Waals surface area (Å²) in [6, 6.07) is 9.14. The van der Waals surface area contributed by atoms with Crippen molar-refractivity contribution in [2.45, 2.75) is 6.05 Å². The van der Waals surface area contributed by atoms with E-state index in [1.807, 2.05) is 0 Å². The lowest BCUT2D eigenvalue weighted by Crippen LogP contribution is -2.32. The topological polar surface area (TPSA) is 48.9 Å². The van der Waals surface area contributed by atoms with Crippen LogP contribution in [0.3, 0.4) is 0 Å². The molecule has 0 spiro atoms. The fourth-order valence-corrected chi connectivity index (χ4v) is 3.67. The first-order chi connectivity index (χ1) is 12.9. The highest BCUT2D eigenvalue weighted by molar-refractivity contribution is 5.88. The Morgan fingerprint density at radius 1 is 0.963 bits per heavy atom. The maximum absolute atomic E-state index is 14.9. The van der Waals surface area contributed by atoms with E-state index in [2.05, 4.69) is 0 Å². The number of alkyl halides is 2. The van der Waals surface area contributed by atoms with Crippen LogP contribution in [-0.4, -0.2) is 13.7 Å². The van der Waals surface area contributed by atoms with Gasteiger partial charge in [-0.15, -0.1) is 0 Å². The van der Waals surface area contributed by atoms with Gasteiger partial charge in [0.05, 0.1) is 16.9 Å². The molecule has 2 aromatic carbocycles. The van der Waals surface area contributed by atoms with Crippen molar-refractivity contribution in [1.82, 2.24) is 13.7 Å². The van der Waals surface area contributed by atoms with Crippen LogP contribution in [0.25, 0.3) is 27.7 Å². The van der Waals surface area contributed by atoms with Gasteiger partial charge in [-0.05, 0) is 23.6 Å². The third-order valence-electron chi connectivity index (χ3n) is 5.04. The Balaban J connectivity index is 1.84. The molecule has 134 valence electrons. The molecule has 0 N–H and O–H groups in total. The van der Waals surface area contributed by atoms with E-state index in [0.717, 1.165) is 0 Å². The first-order valence-electron chi connectivity index (χ1n) is 8.32. The molecule has 4 aromatic rings. The van der Waals surface area contributed by atoms with Crippen LogP contribution in [0, 0.1) is 0 Å². The summed E-state index contributed by atoms with van der Waals surface area (Å²) in [7, 11) is 1.61. The Morgan fingerprint density at radius 3 is 2.48 bits per heavy atom. The molecule has 3 heterocycles. The second-order valence-corrected chi connectivity index (χ2v) is 6.59. The molecule has 2 aromatic heterocycles. The number of nitrogens with zero attached hydrogens (tertiary/aromatic N) is 3. The number of fused-ring (bicyclic) bond motifs is 4. The molecule has 7 heteroatoms. The molecular formula is C20H13F2N3O2. The van der Waals surface area contributed by atoms with Crippen LogP contribution >= 0.6 is 0 Å². The van der Waals surface area contributed by atoms with Gasteiger partial charge < -0.3 is 4.57 Å². The van der Waals surface area contributed by atoms with Gasteiger partial charge in [-0.2, -0.15) is 8.78 Å². The minimum absolute atomic E-state index is 0.138. The number of hydrogen-bond acceptors (Lipinski definition) is 2. The number of benzene rings is 2. The number of pyridine rings is 1. The summed E-state index contributed by atoms with van der Waals surface area (Å²) in [6.07, 6.45) is 3.16. The third kappa shape index (κ3) is 1.96. The Labute approximate surface area is 151 Å². The summed E-state index contributed by atoms with van der Waals surface area (Å²) in [5.74, 6) is 0. The Kier molecular flexibility index (Phi) is 2.94. The second-order valence-electron chi connectivity index (χ2n) is 6.59. The molecule has 0 fully saturated rings. The van der Waals surface area contributed by atoms with Gasteiger partial charge in [-0.1, -0.05) is 30.3 Å². The average molecular weight is 365 g/mol. The van der Waals surface area contributed by atoms with E-state index in [1.165, 1.54) is 27.3 Å². The van der Waals surface area contributed by atoms with Gasteiger partial charge in [-0.25, -0.2) is 9.36 Å². The Bertz CT molecular complexity index is 1360. The van der Waals surface area contributed by atoms with E-state index in [9.17, 15) is 18.4 Å². The van der Waals surface area contributed by atoms with Crippen LogP contribution in [0.15, 0.2) is 70.5 Å². The van der Waals surface area contributed by atoms with E-state index < -0.39 is 11.6 Å². The molecule has 0 atom stereocenters. The molecule has 1 aliphatic heterocycles. The van der Waals surface area contributed by atoms with Crippen molar-refractivity contribution in [1.29, 1.82) is 0 Å². The van der Waals surface area contributed by atoms with Gasteiger partial charge in [0.15, 0.2) is 0 Å². The number of aryl methyl sites for hydroxylation is 1. The smallest absolute Gasteiger partial charge is 0.302 e. The maximum atomic E-state index is 14.9. The number of hydrogen-bond donors (Lipinski definition) is 0. The zero-order valence-electron chi connectivity index (χ0n) is 14.2. The van der Waals surface area contributed by atoms with E-state index >= 15 is 0 Å². The lowest BCUT2D eigenvalue weighted by atomic mass is 10.0. The molecule has 5 rings (SSSR count). The highest BCUT2D eigenvalue weighted by Gasteiger charge is 2.45. The van der Waals surface area contributed by atoms with Gasteiger partial charge in [0.25, 0.3) is 5.56 Å². The molecule has 5 nitrogen and oxygen atoms in total. The summed E-state index contributed by atoms with van der Waals surface area (Å²) in [5.41, 5.74) is -0.257. The quantitative estimate of drug-likeness (QED) is 0.521. The van der Waals surface area contributed by atoms with Gasteiger partial charge in [0.1, 0.15) is 0 Å². The van der Waals surface area contributed by atoms with Crippen molar-refractivity contribution < 1.29 is 8.78 Å². The Hall–Kier alpha value is -3.48. The zero-order chi connectivity index (χ0) is 18.9. The molecule has 0 saturated carbocycles. The minimum Gasteiger partial charge on any atom is -0.302 e. The standard InChI is InChI=1S/C20H13F2N3O2/c1-23-8-9-24(19(23)27)13-7-6-12-10-17-14-4-2-3-5-16(14)20(21,22)25(17)18(26)15(12)11-13/h2-11H,1H3. The first kappa shape index (κ1) is 15.7. The predicted octanol–water partition coefficient (Wildman–Crippen LogP) is 3.07. The van der Waals surface area contributed by atoms with Crippen LogP contribution in [-0.2, 0) is 13.1 Å². The van der Waals surface area contributed by atoms with Crippen molar-refractivity contribution >= 4 is 10.8 Å². The van der Waals surface area contributed by atoms with E-state index in [0.29, 0.717) is 21.2 Å². The van der Waals surface area contributed by atoms with Crippen molar-refractivity contribution in [3.05, 3.63) is 87.3 Å². The molecule has 0 unspecified atom stereocenters. The summed E-state index contributed by atoms with van der Waals surface area (Å²) in [4.78, 5) is 25.1. The number of halogens is 2. The maximum Gasteiger partial charge on any atom is 0.359 e. The molecule has 0 aliphatic carbocycles. The third-order valence-corrected chi connectivity index (χ3v) is 5.04. The summed E-state index contributed by atoms with van der Waals surface area (Å²) >= 11 is 0. The van der Waals surface area contributed by atoms with E-state index in [4.69, 9.17) is 0 Å². The fourth-order valence-electron chi connectivity index (χ4n) is 3.67. The molecular weight excluding hydrogens is 352 g/mol. The van der Waals surface area contributed by atoms with Crippen LogP contribution in [0.5, 0.6) is 0 Å². The monoisotopic (exact) mass is 365 g/mol. The molecule has 0 amide bonds. The largest absolute Gasteiger partial charge is 0.359 e. The average Bonchev–Trinajstić information content (AvgIpc) is 3.11. The van der Waals surface area contributed by atoms with Crippen molar-refractivity contribution in [3.8, 4) is 16.9 Å². The van der Waals surface area contributed by atoms with Gasteiger partial charge in [-0.3, -0.25) is 9.36 Å². The predicted molar refractivity (Wildman–Crippen MR) is 97.5 cm³/mol. The molecule has 0 bridgehead atoms. The van der Waals surface area contributed by atoms with E-state index in [-0.39, 0.29) is 22.3 Å². The molecule has 0 saturated heterocycles. The van der Waals surface area contributed by atoms with Crippen LogP contribution in [0.2, 0.25) is 0 Å². The van der Waals surface area contributed by atoms with Gasteiger partial charge >= 0.3 is 11.7 Å². The van der Waals surface area contributed by atoms with Gasteiger partial charge in [0, 0.05) is 30.4 Å².